The Labute approximate surface area is 92.2 Å². The van der Waals surface area contributed by atoms with Crippen LogP contribution in [0.2, 0.25) is 0 Å². The van der Waals surface area contributed by atoms with Gasteiger partial charge in [0.15, 0.2) is 0 Å². The fraction of sp³-hybridized carbons (Fsp3) is 0.417. The molecule has 0 bridgehead atoms. The van der Waals surface area contributed by atoms with Gasteiger partial charge in [0.2, 0.25) is 0 Å². The molecule has 0 N–H and O–H groups in total. The minimum atomic E-state index is -0.896. The van der Waals surface area contributed by atoms with E-state index in [9.17, 15) is 13.6 Å². The van der Waals surface area contributed by atoms with Crippen molar-refractivity contribution in [2.24, 2.45) is 0 Å². The standard InChI is InChI=1S/C12H12F2O2/c1-16-11(15)12(5-2-6-12)9-4-3-8(13)7-10(9)14/h3-4,7H,2,5-6H2,1H3. The maximum absolute atomic E-state index is 13.6. The van der Waals surface area contributed by atoms with Crippen LogP contribution in [-0.2, 0) is 14.9 Å². The largest absolute Gasteiger partial charge is 0.468 e. The Morgan fingerprint density at radius 3 is 2.50 bits per heavy atom. The number of ether oxygens (including phenoxy) is 1. The average molecular weight is 226 g/mol. The van der Waals surface area contributed by atoms with Crippen molar-refractivity contribution in [3.8, 4) is 0 Å². The number of hydrogen-bond donors (Lipinski definition) is 0. The number of methoxy groups -OCH3 is 1. The van der Waals surface area contributed by atoms with Crippen molar-refractivity contribution >= 4 is 5.97 Å². The first-order chi connectivity index (χ1) is 7.60. The molecule has 4 heteroatoms. The van der Waals surface area contributed by atoms with Gasteiger partial charge in [-0.2, -0.15) is 0 Å². The molecule has 0 atom stereocenters. The third-order valence-electron chi connectivity index (χ3n) is 3.23. The monoisotopic (exact) mass is 226 g/mol. The molecule has 0 spiro atoms. The summed E-state index contributed by atoms with van der Waals surface area (Å²) >= 11 is 0. The van der Waals surface area contributed by atoms with E-state index >= 15 is 0 Å². The van der Waals surface area contributed by atoms with Gasteiger partial charge in [-0.1, -0.05) is 12.5 Å². The van der Waals surface area contributed by atoms with E-state index in [1.807, 2.05) is 0 Å². The predicted octanol–water partition coefficient (Wildman–Crippen LogP) is 2.56. The molecule has 0 aromatic heterocycles. The van der Waals surface area contributed by atoms with Gasteiger partial charge in [0.1, 0.15) is 11.6 Å². The fourth-order valence-corrected chi connectivity index (χ4v) is 2.19. The van der Waals surface area contributed by atoms with Crippen molar-refractivity contribution in [1.82, 2.24) is 0 Å². The number of carbonyl (C=O) groups is 1. The van der Waals surface area contributed by atoms with E-state index in [4.69, 9.17) is 4.74 Å². The molecule has 1 aliphatic rings. The second kappa shape index (κ2) is 3.85. The molecule has 16 heavy (non-hydrogen) atoms. The molecule has 0 aliphatic heterocycles. The zero-order valence-electron chi connectivity index (χ0n) is 8.93. The molecule has 1 fully saturated rings. The molecule has 2 nitrogen and oxygen atoms in total. The Kier molecular flexibility index (Phi) is 2.66. The van der Waals surface area contributed by atoms with Crippen LogP contribution in [0.15, 0.2) is 18.2 Å². The van der Waals surface area contributed by atoms with E-state index in [-0.39, 0.29) is 5.56 Å². The molecule has 1 aliphatic carbocycles. The molecule has 1 aromatic rings. The van der Waals surface area contributed by atoms with E-state index in [1.54, 1.807) is 0 Å². The van der Waals surface area contributed by atoms with Crippen molar-refractivity contribution in [2.45, 2.75) is 24.7 Å². The highest BCUT2D eigenvalue weighted by molar-refractivity contribution is 5.84. The quantitative estimate of drug-likeness (QED) is 0.724. The Morgan fingerprint density at radius 1 is 1.38 bits per heavy atom. The van der Waals surface area contributed by atoms with Gasteiger partial charge in [-0.3, -0.25) is 4.79 Å². The van der Waals surface area contributed by atoms with Crippen LogP contribution in [0.4, 0.5) is 8.78 Å². The van der Waals surface area contributed by atoms with Gasteiger partial charge in [0.05, 0.1) is 12.5 Å². The van der Waals surface area contributed by atoms with Gasteiger partial charge >= 0.3 is 5.97 Å². The molecular weight excluding hydrogens is 214 g/mol. The van der Waals surface area contributed by atoms with E-state index in [0.717, 1.165) is 12.5 Å². The molecule has 2 rings (SSSR count). The first kappa shape index (κ1) is 11.0. The van der Waals surface area contributed by atoms with E-state index in [2.05, 4.69) is 0 Å². The molecule has 0 amide bonds. The van der Waals surface area contributed by atoms with Crippen LogP contribution in [0.25, 0.3) is 0 Å². The molecule has 86 valence electrons. The Morgan fingerprint density at radius 2 is 2.06 bits per heavy atom. The lowest BCUT2D eigenvalue weighted by Crippen LogP contribution is -2.44. The van der Waals surface area contributed by atoms with Crippen molar-refractivity contribution in [1.29, 1.82) is 0 Å². The number of benzene rings is 1. The second-order valence-electron chi connectivity index (χ2n) is 4.05. The number of esters is 1. The first-order valence-electron chi connectivity index (χ1n) is 5.14. The van der Waals surface area contributed by atoms with Crippen LogP contribution in [0, 0.1) is 11.6 Å². The number of hydrogen-bond acceptors (Lipinski definition) is 2. The lowest BCUT2D eigenvalue weighted by molar-refractivity contribution is -0.151. The summed E-state index contributed by atoms with van der Waals surface area (Å²) in [6.07, 6.45) is 1.97. The predicted molar refractivity (Wildman–Crippen MR) is 53.9 cm³/mol. The highest BCUT2D eigenvalue weighted by atomic mass is 19.1. The fourth-order valence-electron chi connectivity index (χ4n) is 2.19. The van der Waals surface area contributed by atoms with Crippen molar-refractivity contribution in [3.63, 3.8) is 0 Å². The highest BCUT2D eigenvalue weighted by Crippen LogP contribution is 2.45. The zero-order valence-corrected chi connectivity index (χ0v) is 8.93. The normalized spacial score (nSPS) is 17.7. The third kappa shape index (κ3) is 1.49. The van der Waals surface area contributed by atoms with Crippen molar-refractivity contribution in [3.05, 3.63) is 35.4 Å². The number of rotatable bonds is 2. The maximum Gasteiger partial charge on any atom is 0.316 e. The van der Waals surface area contributed by atoms with Crippen molar-refractivity contribution < 1.29 is 18.3 Å². The van der Waals surface area contributed by atoms with Gasteiger partial charge in [0, 0.05) is 11.6 Å². The van der Waals surface area contributed by atoms with Crippen LogP contribution >= 0.6 is 0 Å². The molecule has 0 heterocycles. The van der Waals surface area contributed by atoms with Crippen LogP contribution in [0.1, 0.15) is 24.8 Å². The smallest absolute Gasteiger partial charge is 0.316 e. The topological polar surface area (TPSA) is 26.3 Å². The summed E-state index contributed by atoms with van der Waals surface area (Å²) in [5.74, 6) is -1.75. The molecule has 0 radical (unpaired) electrons. The average Bonchev–Trinajstić information content (AvgIpc) is 2.19. The molecular formula is C12H12F2O2. The molecule has 1 aromatic carbocycles. The zero-order chi connectivity index (χ0) is 11.8. The van der Waals surface area contributed by atoms with E-state index in [1.165, 1.54) is 19.2 Å². The van der Waals surface area contributed by atoms with Gasteiger partial charge in [-0.05, 0) is 18.9 Å². The summed E-state index contributed by atoms with van der Waals surface area (Å²) < 4.78 is 31.1. The SMILES string of the molecule is COC(=O)C1(c2ccc(F)cc2F)CCC1. The third-order valence-corrected chi connectivity index (χ3v) is 3.23. The van der Waals surface area contributed by atoms with Crippen LogP contribution in [-0.4, -0.2) is 13.1 Å². The number of carbonyl (C=O) groups excluding carboxylic acids is 1. The molecule has 0 unspecified atom stereocenters. The maximum atomic E-state index is 13.6. The molecule has 1 saturated carbocycles. The number of halogens is 2. The van der Waals surface area contributed by atoms with E-state index in [0.29, 0.717) is 12.8 Å². The summed E-state index contributed by atoms with van der Waals surface area (Å²) in [6, 6.07) is 3.31. The Hall–Kier alpha value is -1.45. The highest BCUT2D eigenvalue weighted by Gasteiger charge is 2.48. The van der Waals surface area contributed by atoms with E-state index < -0.39 is 23.0 Å². The minimum absolute atomic E-state index is 0.243. The van der Waals surface area contributed by atoms with Crippen molar-refractivity contribution in [2.75, 3.05) is 7.11 Å². The summed E-state index contributed by atoms with van der Waals surface area (Å²) in [5, 5.41) is 0. The lowest BCUT2D eigenvalue weighted by atomic mass is 9.64. The van der Waals surface area contributed by atoms with Crippen LogP contribution in [0.3, 0.4) is 0 Å². The Balaban J connectivity index is 2.45. The summed E-state index contributed by atoms with van der Waals surface area (Å²) in [7, 11) is 1.28. The molecule has 0 saturated heterocycles. The lowest BCUT2D eigenvalue weighted by Gasteiger charge is -2.39. The first-order valence-corrected chi connectivity index (χ1v) is 5.14. The van der Waals surface area contributed by atoms with Gasteiger partial charge in [0.25, 0.3) is 0 Å². The Bertz CT molecular complexity index is 425. The van der Waals surface area contributed by atoms with Crippen LogP contribution < -0.4 is 0 Å². The van der Waals surface area contributed by atoms with Crippen LogP contribution in [0.5, 0.6) is 0 Å². The van der Waals surface area contributed by atoms with Gasteiger partial charge in [-0.15, -0.1) is 0 Å². The summed E-state index contributed by atoms with van der Waals surface area (Å²) in [5.41, 5.74) is -0.654. The van der Waals surface area contributed by atoms with Gasteiger partial charge in [-0.25, -0.2) is 8.78 Å². The minimum Gasteiger partial charge on any atom is -0.468 e. The summed E-state index contributed by atoms with van der Waals surface area (Å²) in [4.78, 5) is 11.7. The summed E-state index contributed by atoms with van der Waals surface area (Å²) in [6.45, 7) is 0. The van der Waals surface area contributed by atoms with Gasteiger partial charge < -0.3 is 4.74 Å². The second-order valence-corrected chi connectivity index (χ2v) is 4.05.